The van der Waals surface area contributed by atoms with E-state index in [1.165, 1.54) is 4.24 Å². The molecule has 0 spiro atoms. The molecule has 1 aromatic carbocycles. The maximum absolute atomic E-state index is 10.7. The van der Waals surface area contributed by atoms with Crippen molar-refractivity contribution in [2.45, 2.75) is 18.9 Å². The second-order valence-corrected chi connectivity index (χ2v) is 7.69. The molecule has 0 heterocycles. The Balaban J connectivity index is 1.96. The first-order valence-corrected chi connectivity index (χ1v) is 9.80. The van der Waals surface area contributed by atoms with E-state index in [1.54, 1.807) is 30.6 Å². The Bertz CT molecular complexity index is 541. The molecule has 1 N–H and O–H groups in total. The van der Waals surface area contributed by atoms with E-state index in [9.17, 15) is 5.11 Å². The van der Waals surface area contributed by atoms with Crippen LogP contribution in [0.15, 0.2) is 40.7 Å². The molecule has 0 aliphatic heterocycles. The maximum atomic E-state index is 10.7. The van der Waals surface area contributed by atoms with Gasteiger partial charge in [-0.05, 0) is 61.5 Å². The summed E-state index contributed by atoms with van der Waals surface area (Å²) in [4.78, 5) is 0. The normalized spacial score (nSPS) is 23.1. The largest absolute Gasteiger partial charge is 0.497 e. The summed E-state index contributed by atoms with van der Waals surface area (Å²) < 4.78 is 6.34. The zero-order valence-corrected chi connectivity index (χ0v) is 15.2. The van der Waals surface area contributed by atoms with Gasteiger partial charge in [-0.3, -0.25) is 0 Å². The lowest BCUT2D eigenvalue weighted by Gasteiger charge is -2.20. The quantitative estimate of drug-likeness (QED) is 0.784. The Morgan fingerprint density at radius 2 is 1.91 bits per heavy atom. The molecular formula is C18H24O2S2. The van der Waals surface area contributed by atoms with Crippen molar-refractivity contribution in [1.29, 1.82) is 0 Å². The summed E-state index contributed by atoms with van der Waals surface area (Å²) in [6.07, 6.45) is 11.5. The molecule has 3 unspecified atom stereocenters. The molecule has 1 aliphatic rings. The Hall–Kier alpha value is -0.840. The van der Waals surface area contributed by atoms with Crippen molar-refractivity contribution in [3.05, 3.63) is 46.2 Å². The van der Waals surface area contributed by atoms with Gasteiger partial charge < -0.3 is 9.84 Å². The minimum absolute atomic E-state index is 0.316. The smallest absolute Gasteiger partial charge is 0.118 e. The van der Waals surface area contributed by atoms with E-state index in [-0.39, 0.29) is 0 Å². The van der Waals surface area contributed by atoms with Gasteiger partial charge in [0.25, 0.3) is 0 Å². The molecule has 120 valence electrons. The van der Waals surface area contributed by atoms with Gasteiger partial charge in [0.1, 0.15) is 5.75 Å². The number of thioether (sulfide) groups is 2. The fraction of sp³-hybridized carbons (Fsp3) is 0.444. The SMILES string of the molecule is COc1ccc(/C=C/C2CC2C(C)(O)C=C(SC)SC)cc1. The minimum atomic E-state index is -0.726. The summed E-state index contributed by atoms with van der Waals surface area (Å²) in [5.41, 5.74) is 0.437. The van der Waals surface area contributed by atoms with Crippen LogP contribution in [0.4, 0.5) is 0 Å². The highest BCUT2D eigenvalue weighted by molar-refractivity contribution is 8.21. The lowest BCUT2D eigenvalue weighted by Crippen LogP contribution is -2.25. The highest BCUT2D eigenvalue weighted by Crippen LogP contribution is 2.49. The van der Waals surface area contributed by atoms with Crippen LogP contribution in [-0.4, -0.2) is 30.3 Å². The number of allylic oxidation sites excluding steroid dienone is 1. The second-order valence-electron chi connectivity index (χ2n) is 5.74. The van der Waals surface area contributed by atoms with E-state index in [2.05, 4.69) is 12.2 Å². The van der Waals surface area contributed by atoms with Crippen LogP contribution in [-0.2, 0) is 0 Å². The number of benzene rings is 1. The topological polar surface area (TPSA) is 29.5 Å². The van der Waals surface area contributed by atoms with Gasteiger partial charge in [0, 0.05) is 4.24 Å². The van der Waals surface area contributed by atoms with E-state index >= 15 is 0 Å². The number of ether oxygens (including phenoxy) is 1. The highest BCUT2D eigenvalue weighted by Gasteiger charge is 2.46. The molecule has 0 aromatic heterocycles. The number of rotatable bonds is 7. The summed E-state index contributed by atoms with van der Waals surface area (Å²) in [6.45, 7) is 1.92. The molecule has 1 aliphatic carbocycles. The van der Waals surface area contributed by atoms with Crippen molar-refractivity contribution in [2.75, 3.05) is 19.6 Å². The minimum Gasteiger partial charge on any atom is -0.497 e. The molecule has 0 bridgehead atoms. The van der Waals surface area contributed by atoms with Gasteiger partial charge in [0.05, 0.1) is 12.7 Å². The predicted octanol–water partition coefficient (Wildman–Crippen LogP) is 4.66. The zero-order valence-electron chi connectivity index (χ0n) is 13.6. The lowest BCUT2D eigenvalue weighted by molar-refractivity contribution is 0.0841. The van der Waals surface area contributed by atoms with Gasteiger partial charge in [0.15, 0.2) is 0 Å². The predicted molar refractivity (Wildman–Crippen MR) is 99.4 cm³/mol. The van der Waals surface area contributed by atoms with Gasteiger partial charge in [-0.15, -0.1) is 23.5 Å². The molecule has 22 heavy (non-hydrogen) atoms. The van der Waals surface area contributed by atoms with Crippen LogP contribution in [0.2, 0.25) is 0 Å². The molecule has 3 atom stereocenters. The van der Waals surface area contributed by atoms with Crippen LogP contribution in [0.25, 0.3) is 6.08 Å². The number of hydrogen-bond donors (Lipinski definition) is 1. The molecule has 1 aromatic rings. The van der Waals surface area contributed by atoms with Crippen molar-refractivity contribution in [2.24, 2.45) is 11.8 Å². The van der Waals surface area contributed by atoms with Crippen molar-refractivity contribution in [3.63, 3.8) is 0 Å². The zero-order chi connectivity index (χ0) is 16.2. The third kappa shape index (κ3) is 4.58. The van der Waals surface area contributed by atoms with Gasteiger partial charge in [-0.1, -0.05) is 24.3 Å². The monoisotopic (exact) mass is 336 g/mol. The molecule has 1 saturated carbocycles. The van der Waals surface area contributed by atoms with E-state index in [0.29, 0.717) is 11.8 Å². The van der Waals surface area contributed by atoms with E-state index in [0.717, 1.165) is 17.7 Å². The molecule has 0 radical (unpaired) electrons. The van der Waals surface area contributed by atoms with E-state index in [1.807, 2.05) is 49.8 Å². The first-order valence-electron chi connectivity index (χ1n) is 7.35. The highest BCUT2D eigenvalue weighted by atomic mass is 32.2. The van der Waals surface area contributed by atoms with Gasteiger partial charge in [-0.2, -0.15) is 0 Å². The van der Waals surface area contributed by atoms with Gasteiger partial charge in [0.2, 0.25) is 0 Å². The van der Waals surface area contributed by atoms with E-state index in [4.69, 9.17) is 4.74 Å². The first kappa shape index (κ1) is 17.5. The van der Waals surface area contributed by atoms with Crippen LogP contribution >= 0.6 is 23.5 Å². The summed E-state index contributed by atoms with van der Waals surface area (Å²) in [5, 5.41) is 10.7. The molecule has 2 nitrogen and oxygen atoms in total. The van der Waals surface area contributed by atoms with Crippen molar-refractivity contribution < 1.29 is 9.84 Å². The first-order chi connectivity index (χ1) is 10.5. The molecule has 4 heteroatoms. The molecular weight excluding hydrogens is 312 g/mol. The molecule has 0 amide bonds. The standard InChI is InChI=1S/C18H24O2S2/c1-18(19,12-17(21-3)22-4)16-11-14(16)8-5-13-6-9-15(20-2)10-7-13/h5-10,12,14,16,19H,11H2,1-4H3/b8-5+. The van der Waals surface area contributed by atoms with Crippen LogP contribution in [0.3, 0.4) is 0 Å². The Morgan fingerprint density at radius 3 is 2.45 bits per heavy atom. The Kier molecular flexibility index (Phi) is 6.07. The van der Waals surface area contributed by atoms with Gasteiger partial charge >= 0.3 is 0 Å². The Labute approximate surface area is 142 Å². The summed E-state index contributed by atoms with van der Waals surface area (Å²) in [6, 6.07) is 8.02. The van der Waals surface area contributed by atoms with Gasteiger partial charge in [-0.25, -0.2) is 0 Å². The van der Waals surface area contributed by atoms with Crippen molar-refractivity contribution in [1.82, 2.24) is 0 Å². The summed E-state index contributed by atoms with van der Waals surface area (Å²) in [7, 11) is 1.67. The van der Waals surface area contributed by atoms with Crippen LogP contribution in [0.5, 0.6) is 5.75 Å². The fourth-order valence-electron chi connectivity index (χ4n) is 2.60. The molecule has 1 fully saturated rings. The van der Waals surface area contributed by atoms with Crippen LogP contribution in [0, 0.1) is 11.8 Å². The average molecular weight is 337 g/mol. The maximum Gasteiger partial charge on any atom is 0.118 e. The van der Waals surface area contributed by atoms with Crippen molar-refractivity contribution in [3.8, 4) is 5.75 Å². The van der Waals surface area contributed by atoms with Crippen molar-refractivity contribution >= 4 is 29.6 Å². The Morgan fingerprint density at radius 1 is 1.27 bits per heavy atom. The number of aliphatic hydroxyl groups is 1. The van der Waals surface area contributed by atoms with E-state index < -0.39 is 5.60 Å². The third-order valence-electron chi connectivity index (χ3n) is 4.05. The van der Waals surface area contributed by atoms with Crippen LogP contribution in [0.1, 0.15) is 18.9 Å². The molecule has 2 rings (SSSR count). The average Bonchev–Trinajstić information content (AvgIpc) is 3.31. The summed E-state index contributed by atoms with van der Waals surface area (Å²) >= 11 is 3.38. The number of methoxy groups -OCH3 is 1. The lowest BCUT2D eigenvalue weighted by atomic mass is 9.99. The second kappa shape index (κ2) is 7.62. The van der Waals surface area contributed by atoms with Crippen LogP contribution < -0.4 is 4.74 Å². The number of hydrogen-bond acceptors (Lipinski definition) is 4. The fourth-order valence-corrected chi connectivity index (χ4v) is 3.98. The molecule has 0 saturated heterocycles. The summed E-state index contributed by atoms with van der Waals surface area (Å²) in [5.74, 6) is 1.64. The third-order valence-corrected chi connectivity index (χ3v) is 6.10.